The fourth-order valence-corrected chi connectivity index (χ4v) is 2.22. The maximum atomic E-state index is 11.0. The quantitative estimate of drug-likeness (QED) is 0.470. The number of carboxylic acids is 2. The van der Waals surface area contributed by atoms with E-state index in [1.807, 2.05) is 0 Å². The van der Waals surface area contributed by atoms with Crippen LogP contribution in [0.25, 0.3) is 0 Å². The van der Waals surface area contributed by atoms with Gasteiger partial charge in [0.2, 0.25) is 0 Å². The molecule has 0 saturated carbocycles. The number of aromatic carboxylic acids is 2. The second kappa shape index (κ2) is 4.50. The maximum absolute atomic E-state index is 11.0. The van der Waals surface area contributed by atoms with Crippen LogP contribution in [0.2, 0.25) is 0 Å². The van der Waals surface area contributed by atoms with Crippen molar-refractivity contribution in [1.29, 1.82) is 0 Å². The Labute approximate surface area is 105 Å². The molecule has 1 aromatic carbocycles. The molecule has 0 amide bonds. The zero-order valence-corrected chi connectivity index (χ0v) is 9.35. The van der Waals surface area contributed by atoms with Gasteiger partial charge in [-0.1, -0.05) is 0 Å². The van der Waals surface area contributed by atoms with Crippen LogP contribution in [-0.4, -0.2) is 52.8 Å². The van der Waals surface area contributed by atoms with Gasteiger partial charge in [0.25, 0.3) is 0 Å². The predicted octanol–water partition coefficient (Wildman–Crippen LogP) is -0.876. The van der Waals surface area contributed by atoms with Gasteiger partial charge in [-0.15, -0.1) is 0 Å². The van der Waals surface area contributed by atoms with Gasteiger partial charge in [0, 0.05) is 0 Å². The van der Waals surface area contributed by atoms with Crippen LogP contribution < -0.4 is 4.24 Å². The molecule has 0 aromatic heterocycles. The summed E-state index contributed by atoms with van der Waals surface area (Å²) in [5.41, 5.74) is -1.55. The van der Waals surface area contributed by atoms with E-state index in [4.69, 9.17) is 14.8 Å². The Hall–Kier alpha value is -1.33. The number of hydrogen-bond acceptors (Lipinski definition) is 4. The molecule has 0 aliphatic carbocycles. The van der Waals surface area contributed by atoms with Gasteiger partial charge in [-0.05, 0) is 0 Å². The molecule has 0 spiro atoms. The first-order valence-corrected chi connectivity index (χ1v) is 5.67. The van der Waals surface area contributed by atoms with Crippen molar-refractivity contribution in [1.82, 2.24) is 0 Å². The van der Waals surface area contributed by atoms with Crippen LogP contribution in [0.15, 0.2) is 17.0 Å². The van der Waals surface area contributed by atoms with Crippen LogP contribution in [-0.2, 0) is 10.1 Å². The van der Waals surface area contributed by atoms with Gasteiger partial charge in [0.15, 0.2) is 0 Å². The van der Waals surface area contributed by atoms with Gasteiger partial charge in [-0.2, -0.15) is 0 Å². The molecule has 9 heteroatoms. The summed E-state index contributed by atoms with van der Waals surface area (Å²) in [4.78, 5) is 20.5. The van der Waals surface area contributed by atoms with Crippen LogP contribution in [0.5, 0.6) is 0 Å². The van der Waals surface area contributed by atoms with Gasteiger partial charge in [0.05, 0.1) is 0 Å². The number of hydrogen-bond donors (Lipinski definition) is 3. The van der Waals surface area contributed by atoms with Crippen LogP contribution >= 0.6 is 0 Å². The van der Waals surface area contributed by atoms with Gasteiger partial charge in [-0.25, -0.2) is 0 Å². The third kappa shape index (κ3) is 2.86. The summed E-state index contributed by atoms with van der Waals surface area (Å²) in [6.07, 6.45) is 0. The summed E-state index contributed by atoms with van der Waals surface area (Å²) in [5, 5.41) is 17.6. The molecule has 1 rings (SSSR count). The molecular formula is C8H5LiO7S. The van der Waals surface area contributed by atoms with Crippen LogP contribution in [0, 0.1) is 0 Å². The summed E-state index contributed by atoms with van der Waals surface area (Å²) in [6, 6.07) is 1.94. The summed E-state index contributed by atoms with van der Waals surface area (Å²) >= 11 is 1.41. The average Bonchev–Trinajstić information content (AvgIpc) is 2.14. The molecule has 17 heavy (non-hydrogen) atoms. The topological polar surface area (TPSA) is 129 Å². The second-order valence-electron chi connectivity index (χ2n) is 3.27. The molecule has 0 heterocycles. The monoisotopic (exact) mass is 252 g/mol. The fourth-order valence-electron chi connectivity index (χ4n) is 1.37. The minimum absolute atomic E-state index is 0.257. The van der Waals surface area contributed by atoms with Crippen molar-refractivity contribution in [3.05, 3.63) is 23.3 Å². The molecule has 0 aliphatic heterocycles. The van der Waals surface area contributed by atoms with Crippen LogP contribution in [0.1, 0.15) is 20.7 Å². The van der Waals surface area contributed by atoms with E-state index in [-0.39, 0.29) is 4.24 Å². The molecule has 7 nitrogen and oxygen atoms in total. The van der Waals surface area contributed by atoms with Crippen molar-refractivity contribution in [3.63, 3.8) is 0 Å². The predicted molar refractivity (Wildman–Crippen MR) is 55.6 cm³/mol. The van der Waals surface area contributed by atoms with Gasteiger partial charge < -0.3 is 0 Å². The van der Waals surface area contributed by atoms with Gasteiger partial charge in [0.1, 0.15) is 0 Å². The molecule has 0 radical (unpaired) electrons. The Kier molecular flexibility index (Phi) is 3.64. The number of benzene rings is 1. The van der Waals surface area contributed by atoms with Crippen molar-refractivity contribution in [2.24, 2.45) is 0 Å². The van der Waals surface area contributed by atoms with E-state index in [2.05, 4.69) is 0 Å². The van der Waals surface area contributed by atoms with E-state index in [0.29, 0.717) is 0 Å². The normalized spacial score (nSPS) is 11.2. The number of rotatable bonds is 3. The number of carbonyl (C=O) groups is 2. The van der Waals surface area contributed by atoms with E-state index >= 15 is 0 Å². The van der Waals surface area contributed by atoms with E-state index in [9.17, 15) is 18.0 Å². The molecule has 86 valence electrons. The Morgan fingerprint density at radius 3 is 1.65 bits per heavy atom. The molecule has 1 aromatic rings. The molecule has 0 unspecified atom stereocenters. The van der Waals surface area contributed by atoms with Crippen molar-refractivity contribution in [3.8, 4) is 0 Å². The van der Waals surface area contributed by atoms with E-state index < -0.39 is 38.1 Å². The Morgan fingerprint density at radius 1 is 1.06 bits per heavy atom. The molecular weight excluding hydrogens is 247 g/mol. The Balaban J connectivity index is 3.85. The zero-order valence-electron chi connectivity index (χ0n) is 8.54. The van der Waals surface area contributed by atoms with Crippen LogP contribution in [0.4, 0.5) is 0 Å². The summed E-state index contributed by atoms with van der Waals surface area (Å²) in [6.45, 7) is 0. The molecule has 0 saturated heterocycles. The van der Waals surface area contributed by atoms with E-state index in [1.54, 1.807) is 0 Å². The van der Waals surface area contributed by atoms with Crippen molar-refractivity contribution in [2.75, 3.05) is 0 Å². The third-order valence-electron chi connectivity index (χ3n) is 1.95. The second-order valence-corrected chi connectivity index (χ2v) is 4.63. The zero-order chi connectivity index (χ0) is 13.4. The standard InChI is InChI=1S/C8H5O7S.Li/c9-7(10)4-2-1-3-5(8(11)12)6(4)16(13,14)15;/h2-3H,(H,9,10)(H,11,12)(H,13,14,15);. The molecule has 0 aliphatic rings. The van der Waals surface area contributed by atoms with Crippen molar-refractivity contribution < 1.29 is 32.8 Å². The summed E-state index contributed by atoms with van der Waals surface area (Å²) in [5.74, 6) is -3.27. The van der Waals surface area contributed by atoms with Crippen molar-refractivity contribution in [2.45, 2.75) is 4.90 Å². The molecule has 0 fully saturated rings. The van der Waals surface area contributed by atoms with Gasteiger partial charge >= 0.3 is 105 Å². The Bertz CT molecular complexity index is 569. The van der Waals surface area contributed by atoms with Gasteiger partial charge in [-0.3, -0.25) is 0 Å². The number of carboxylic acid groups (broad SMARTS) is 2. The van der Waals surface area contributed by atoms with Crippen LogP contribution in [0.3, 0.4) is 0 Å². The first kappa shape index (κ1) is 13.7. The first-order valence-electron chi connectivity index (χ1n) is 4.23. The minimum atomic E-state index is -4.93. The molecule has 0 atom stereocenters. The average molecular weight is 252 g/mol. The first-order chi connectivity index (χ1) is 7.64. The SMILES string of the molecule is [Li][c]1cc(C(=O)O)c(S(=O)(=O)O)c(C(=O)O)c1. The van der Waals surface area contributed by atoms with E-state index in [0.717, 1.165) is 12.1 Å². The summed E-state index contributed by atoms with van der Waals surface area (Å²) < 4.78 is 31.2. The summed E-state index contributed by atoms with van der Waals surface area (Å²) in [7, 11) is -4.93. The molecule has 3 N–H and O–H groups in total. The Morgan fingerprint density at radius 2 is 1.41 bits per heavy atom. The van der Waals surface area contributed by atoms with E-state index in [1.165, 1.54) is 17.7 Å². The molecule has 0 bridgehead atoms. The fraction of sp³-hybridized carbons (Fsp3) is 0. The third-order valence-corrected chi connectivity index (χ3v) is 2.91. The van der Waals surface area contributed by atoms with Crippen molar-refractivity contribution >= 4 is 44.0 Å².